The Labute approximate surface area is 122 Å². The van der Waals surface area contributed by atoms with Gasteiger partial charge >= 0.3 is 12.1 Å². The van der Waals surface area contributed by atoms with Gasteiger partial charge in [-0.1, -0.05) is 25.0 Å². The zero-order chi connectivity index (χ0) is 16.3. The van der Waals surface area contributed by atoms with Crippen molar-refractivity contribution < 1.29 is 28.2 Å². The van der Waals surface area contributed by atoms with Crippen LogP contribution in [0.5, 0.6) is 0 Å². The fourth-order valence-corrected chi connectivity index (χ4v) is 1.79. The molecule has 0 aromatic heterocycles. The molecule has 0 saturated heterocycles. The number of hydrogen-bond donors (Lipinski definition) is 3. The number of carboxylic acids is 1. The normalized spacial score (nSPS) is 15.3. The molecule has 0 aliphatic rings. The molecule has 0 amide bonds. The van der Waals surface area contributed by atoms with Crippen molar-refractivity contribution in [3.8, 4) is 0 Å². The molecule has 4 N–H and O–H groups in total. The summed E-state index contributed by atoms with van der Waals surface area (Å²) in [6.07, 6.45) is 1.76. The van der Waals surface area contributed by atoms with Gasteiger partial charge in [0.25, 0.3) is 0 Å². The Bertz CT molecular complexity index is 319. The lowest BCUT2D eigenvalue weighted by Crippen LogP contribution is -2.41. The summed E-state index contributed by atoms with van der Waals surface area (Å²) >= 11 is 0. The van der Waals surface area contributed by atoms with Gasteiger partial charge in [-0.15, -0.1) is 0 Å². The molecule has 0 radical (unpaired) electrons. The largest absolute Gasteiger partial charge is 0.480 e. The minimum atomic E-state index is -4.06. The molecule has 0 heterocycles. The van der Waals surface area contributed by atoms with Gasteiger partial charge in [-0.25, -0.2) is 0 Å². The number of unbranched alkanes of at least 4 members (excludes halogenated alkanes) is 4. The molecule has 21 heavy (non-hydrogen) atoms. The van der Waals surface area contributed by atoms with Crippen LogP contribution in [0.4, 0.5) is 13.2 Å². The van der Waals surface area contributed by atoms with Gasteiger partial charge in [0.15, 0.2) is 0 Å². The fourth-order valence-electron chi connectivity index (χ4n) is 1.79. The first kappa shape index (κ1) is 19.9. The van der Waals surface area contributed by atoms with Crippen molar-refractivity contribution in [3.63, 3.8) is 0 Å². The number of hydrogen-bond acceptors (Lipinski definition) is 3. The molecule has 0 aromatic carbocycles. The molecule has 0 saturated carbocycles. The van der Waals surface area contributed by atoms with E-state index in [1.165, 1.54) is 0 Å². The van der Waals surface area contributed by atoms with Gasteiger partial charge in [0.2, 0.25) is 0 Å². The Kier molecular flexibility index (Phi) is 10.1. The molecule has 0 aliphatic heterocycles. The van der Waals surface area contributed by atoms with Crippen molar-refractivity contribution in [2.75, 3.05) is 0 Å². The number of rotatable bonds is 11. The first-order chi connectivity index (χ1) is 9.74. The molecule has 0 rings (SSSR count). The molecule has 0 bridgehead atoms. The van der Waals surface area contributed by atoms with E-state index in [2.05, 4.69) is 0 Å². The minimum Gasteiger partial charge on any atom is -0.480 e. The second-order valence-electron chi connectivity index (χ2n) is 5.05. The summed E-state index contributed by atoms with van der Waals surface area (Å²) in [6, 6.07) is -1.27. The van der Waals surface area contributed by atoms with Crippen LogP contribution in [-0.2, 0) is 4.79 Å². The van der Waals surface area contributed by atoms with Crippen LogP contribution in [-0.4, -0.2) is 34.5 Å². The molecular weight excluding hydrogens is 287 g/mol. The van der Waals surface area contributed by atoms with E-state index in [1.54, 1.807) is 0 Å². The number of aliphatic hydroxyl groups is 1. The lowest BCUT2D eigenvalue weighted by atomic mass is 10.1. The molecular formula is C14H24F3NO3. The highest BCUT2D eigenvalue weighted by Gasteiger charge is 2.25. The molecule has 0 aliphatic carbocycles. The van der Waals surface area contributed by atoms with Crippen molar-refractivity contribution in [3.05, 3.63) is 12.2 Å². The summed E-state index contributed by atoms with van der Waals surface area (Å²) in [5.41, 5.74) is 5.25. The first-order valence-corrected chi connectivity index (χ1v) is 7.12. The minimum absolute atomic E-state index is 0.173. The van der Waals surface area contributed by atoms with E-state index < -0.39 is 30.7 Å². The maximum atomic E-state index is 11.9. The fraction of sp³-hybridized carbons (Fsp3) is 0.786. The average Bonchev–Trinajstić information content (AvgIpc) is 2.38. The Morgan fingerprint density at radius 3 is 2.24 bits per heavy atom. The third-order valence-electron chi connectivity index (χ3n) is 3.08. The van der Waals surface area contributed by atoms with Crippen molar-refractivity contribution in [1.82, 2.24) is 0 Å². The van der Waals surface area contributed by atoms with E-state index in [1.807, 2.05) is 12.2 Å². The van der Waals surface area contributed by atoms with E-state index in [4.69, 9.17) is 10.8 Å². The Balaban J connectivity index is 3.47. The zero-order valence-electron chi connectivity index (χ0n) is 12.0. The van der Waals surface area contributed by atoms with Crippen molar-refractivity contribution in [2.24, 2.45) is 5.73 Å². The van der Waals surface area contributed by atoms with Crippen LogP contribution in [0, 0.1) is 0 Å². The van der Waals surface area contributed by atoms with Crippen LogP contribution in [0.1, 0.15) is 51.4 Å². The molecule has 0 fully saturated rings. The second kappa shape index (κ2) is 10.6. The van der Waals surface area contributed by atoms with Gasteiger partial charge in [0.05, 0.1) is 6.10 Å². The summed E-state index contributed by atoms with van der Waals surface area (Å²) in [7, 11) is 0. The van der Waals surface area contributed by atoms with E-state index in [9.17, 15) is 23.1 Å². The predicted octanol–water partition coefficient (Wildman–Crippen LogP) is 3.00. The van der Waals surface area contributed by atoms with Crippen LogP contribution >= 0.6 is 0 Å². The number of halogens is 3. The zero-order valence-corrected chi connectivity index (χ0v) is 12.0. The van der Waals surface area contributed by atoms with E-state index in [0.717, 1.165) is 19.3 Å². The molecule has 2 atom stereocenters. The summed E-state index contributed by atoms with van der Waals surface area (Å²) in [6.45, 7) is 0. The monoisotopic (exact) mass is 311 g/mol. The molecule has 4 nitrogen and oxygen atoms in total. The first-order valence-electron chi connectivity index (χ1n) is 7.12. The summed E-state index contributed by atoms with van der Waals surface area (Å²) in [5, 5.41) is 18.0. The predicted molar refractivity (Wildman–Crippen MR) is 73.7 cm³/mol. The Morgan fingerprint density at radius 2 is 1.67 bits per heavy atom. The number of alkyl halides is 3. The molecule has 2 unspecified atom stereocenters. The van der Waals surface area contributed by atoms with Crippen LogP contribution in [0.15, 0.2) is 12.2 Å². The topological polar surface area (TPSA) is 83.6 Å². The summed E-state index contributed by atoms with van der Waals surface area (Å²) in [5.74, 6) is -1.23. The number of aliphatic carboxylic acids is 1. The maximum Gasteiger partial charge on any atom is 0.389 e. The average molecular weight is 311 g/mol. The highest BCUT2D eigenvalue weighted by Crippen LogP contribution is 2.23. The van der Waals surface area contributed by atoms with Gasteiger partial charge in [-0.05, 0) is 32.1 Å². The number of carboxylic acid groups (broad SMARTS) is 1. The van der Waals surface area contributed by atoms with E-state index in [-0.39, 0.29) is 12.8 Å². The van der Waals surface area contributed by atoms with Gasteiger partial charge in [0.1, 0.15) is 6.04 Å². The Morgan fingerprint density at radius 1 is 1.10 bits per heavy atom. The summed E-state index contributed by atoms with van der Waals surface area (Å²) in [4.78, 5) is 10.5. The van der Waals surface area contributed by atoms with Crippen molar-refractivity contribution >= 4 is 5.97 Å². The third kappa shape index (κ3) is 12.4. The quantitative estimate of drug-likeness (QED) is 0.404. The number of carbonyl (C=O) groups is 1. The molecule has 0 aromatic rings. The van der Waals surface area contributed by atoms with Crippen molar-refractivity contribution in [1.29, 1.82) is 0 Å². The van der Waals surface area contributed by atoms with Gasteiger partial charge in [-0.2, -0.15) is 13.2 Å². The lowest BCUT2D eigenvalue weighted by Gasteiger charge is -2.13. The van der Waals surface area contributed by atoms with E-state index >= 15 is 0 Å². The number of allylic oxidation sites excluding steroid dienone is 2. The van der Waals surface area contributed by atoms with Crippen molar-refractivity contribution in [2.45, 2.75) is 69.7 Å². The molecule has 124 valence electrons. The van der Waals surface area contributed by atoms with Crippen LogP contribution < -0.4 is 5.73 Å². The maximum absolute atomic E-state index is 11.9. The van der Waals surface area contributed by atoms with Crippen LogP contribution in [0.3, 0.4) is 0 Å². The number of nitrogens with two attached hydrogens (primary N) is 1. The van der Waals surface area contributed by atoms with Gasteiger partial charge in [-0.3, -0.25) is 4.79 Å². The highest BCUT2D eigenvalue weighted by molar-refractivity contribution is 5.73. The Hall–Kier alpha value is -1.08. The molecule has 0 spiro atoms. The van der Waals surface area contributed by atoms with Gasteiger partial charge < -0.3 is 15.9 Å². The lowest BCUT2D eigenvalue weighted by molar-refractivity contribution is -0.141. The number of aliphatic hydroxyl groups excluding tert-OH is 1. The second-order valence-corrected chi connectivity index (χ2v) is 5.05. The summed E-state index contributed by atoms with van der Waals surface area (Å²) < 4.78 is 35.6. The van der Waals surface area contributed by atoms with Crippen LogP contribution in [0.25, 0.3) is 0 Å². The van der Waals surface area contributed by atoms with Crippen LogP contribution in [0.2, 0.25) is 0 Å². The smallest absolute Gasteiger partial charge is 0.389 e. The van der Waals surface area contributed by atoms with Gasteiger partial charge in [0, 0.05) is 6.42 Å². The standard InChI is InChI=1S/C14H24F3NO3/c15-14(16,17)10-8-6-4-2-1-3-5-7-9-11(19)12(18)13(20)21/h3,5,11-12,19H,1-2,4,6-10,18H2,(H,20,21). The third-order valence-corrected chi connectivity index (χ3v) is 3.08. The van der Waals surface area contributed by atoms with E-state index in [0.29, 0.717) is 12.8 Å². The highest BCUT2D eigenvalue weighted by atomic mass is 19.4. The SMILES string of the molecule is NC(C(=O)O)C(O)CCC=CCCCCCCC(F)(F)F. The molecule has 7 heteroatoms.